The first-order chi connectivity index (χ1) is 7.32. The van der Waals surface area contributed by atoms with Crippen molar-refractivity contribution in [3.8, 4) is 5.75 Å². The zero-order valence-corrected chi connectivity index (χ0v) is 9.49. The second-order valence-electron chi connectivity index (χ2n) is 3.75. The molecule has 1 aromatic carbocycles. The molecular weight excluding hydrogens is 292 g/mol. The van der Waals surface area contributed by atoms with Gasteiger partial charge < -0.3 is 5.11 Å². The van der Waals surface area contributed by atoms with Gasteiger partial charge in [0.25, 0.3) is 0 Å². The molecule has 6 heteroatoms. The summed E-state index contributed by atoms with van der Waals surface area (Å²) >= 11 is 2.91. The van der Waals surface area contributed by atoms with E-state index in [0.29, 0.717) is 0 Å². The molecule has 2 rings (SSSR count). The average Bonchev–Trinajstić information content (AvgIpc) is 2.93. The SMILES string of the molecule is Oc1c(C(F)(F)F)cc(Br)c(C2CC2)c1F. The molecule has 0 saturated heterocycles. The Balaban J connectivity index is 2.60. The summed E-state index contributed by atoms with van der Waals surface area (Å²) in [5.74, 6) is -2.55. The van der Waals surface area contributed by atoms with Crippen LogP contribution in [0.15, 0.2) is 10.5 Å². The minimum atomic E-state index is -4.75. The third kappa shape index (κ3) is 1.90. The molecular formula is C10H7BrF4O. The van der Waals surface area contributed by atoms with Gasteiger partial charge >= 0.3 is 6.18 Å². The van der Waals surface area contributed by atoms with Crippen LogP contribution in [0.25, 0.3) is 0 Å². The number of phenolic OH excluding ortho intramolecular Hbond substituents is 1. The van der Waals surface area contributed by atoms with Crippen LogP contribution in [-0.4, -0.2) is 5.11 Å². The Morgan fingerprint density at radius 3 is 2.31 bits per heavy atom. The first-order valence-corrected chi connectivity index (χ1v) is 5.39. The van der Waals surface area contributed by atoms with E-state index < -0.39 is 23.3 Å². The molecule has 1 saturated carbocycles. The van der Waals surface area contributed by atoms with E-state index in [2.05, 4.69) is 15.9 Å². The number of rotatable bonds is 1. The highest BCUT2D eigenvalue weighted by atomic mass is 79.9. The Morgan fingerprint density at radius 2 is 1.88 bits per heavy atom. The minimum absolute atomic E-state index is 0.0672. The highest BCUT2D eigenvalue weighted by Crippen LogP contribution is 2.49. The third-order valence-corrected chi connectivity index (χ3v) is 3.17. The fourth-order valence-corrected chi connectivity index (χ4v) is 2.31. The van der Waals surface area contributed by atoms with Gasteiger partial charge in [0.2, 0.25) is 0 Å². The number of aromatic hydroxyl groups is 1. The summed E-state index contributed by atoms with van der Waals surface area (Å²) in [7, 11) is 0. The lowest BCUT2D eigenvalue weighted by molar-refractivity contribution is -0.139. The van der Waals surface area contributed by atoms with E-state index in [1.165, 1.54) is 0 Å². The second kappa shape index (κ2) is 3.61. The predicted molar refractivity (Wildman–Crippen MR) is 52.7 cm³/mol. The number of hydrogen-bond acceptors (Lipinski definition) is 1. The molecule has 0 aromatic heterocycles. The van der Waals surface area contributed by atoms with Gasteiger partial charge in [-0.05, 0) is 24.8 Å². The summed E-state index contributed by atoms with van der Waals surface area (Å²) in [6, 6.07) is 0.728. The molecule has 1 N–H and O–H groups in total. The summed E-state index contributed by atoms with van der Waals surface area (Å²) in [6.07, 6.45) is -3.28. The van der Waals surface area contributed by atoms with Crippen LogP contribution in [0.1, 0.15) is 29.9 Å². The van der Waals surface area contributed by atoms with Crippen LogP contribution in [0.2, 0.25) is 0 Å². The van der Waals surface area contributed by atoms with Crippen molar-refractivity contribution in [3.05, 3.63) is 27.5 Å². The van der Waals surface area contributed by atoms with Gasteiger partial charge in [-0.25, -0.2) is 4.39 Å². The molecule has 0 amide bonds. The molecule has 1 aliphatic carbocycles. The van der Waals surface area contributed by atoms with Crippen molar-refractivity contribution in [2.45, 2.75) is 24.9 Å². The third-order valence-electron chi connectivity index (χ3n) is 2.52. The van der Waals surface area contributed by atoms with E-state index in [9.17, 15) is 22.7 Å². The van der Waals surface area contributed by atoms with E-state index in [0.717, 1.165) is 18.9 Å². The fourth-order valence-electron chi connectivity index (χ4n) is 1.59. The molecule has 0 aliphatic heterocycles. The number of benzene rings is 1. The molecule has 16 heavy (non-hydrogen) atoms. The van der Waals surface area contributed by atoms with Crippen molar-refractivity contribution in [3.63, 3.8) is 0 Å². The van der Waals surface area contributed by atoms with Crippen LogP contribution in [-0.2, 0) is 6.18 Å². The Hall–Kier alpha value is -0.780. The first kappa shape index (κ1) is 11.7. The predicted octanol–water partition coefficient (Wildman–Crippen LogP) is 4.19. The van der Waals surface area contributed by atoms with Crippen LogP contribution in [0.3, 0.4) is 0 Å². The maximum atomic E-state index is 13.6. The molecule has 88 valence electrons. The van der Waals surface area contributed by atoms with Crippen LogP contribution in [0.5, 0.6) is 5.75 Å². The smallest absolute Gasteiger partial charge is 0.420 e. The van der Waals surface area contributed by atoms with Crippen molar-refractivity contribution < 1.29 is 22.7 Å². The van der Waals surface area contributed by atoms with Crippen molar-refractivity contribution in [1.29, 1.82) is 0 Å². The van der Waals surface area contributed by atoms with Gasteiger partial charge in [0, 0.05) is 10.0 Å². The Morgan fingerprint density at radius 1 is 1.31 bits per heavy atom. The van der Waals surface area contributed by atoms with E-state index >= 15 is 0 Å². The van der Waals surface area contributed by atoms with E-state index in [1.807, 2.05) is 0 Å². The molecule has 1 fully saturated rings. The maximum absolute atomic E-state index is 13.6. The normalized spacial score (nSPS) is 16.6. The Kier molecular flexibility index (Phi) is 2.64. The largest absolute Gasteiger partial charge is 0.504 e. The summed E-state index contributed by atoms with van der Waals surface area (Å²) < 4.78 is 50.9. The van der Waals surface area contributed by atoms with Crippen molar-refractivity contribution in [2.75, 3.05) is 0 Å². The van der Waals surface area contributed by atoms with Crippen molar-refractivity contribution >= 4 is 15.9 Å². The van der Waals surface area contributed by atoms with Gasteiger partial charge in [0.05, 0.1) is 0 Å². The molecule has 0 radical (unpaired) electrons. The van der Waals surface area contributed by atoms with E-state index in [-0.39, 0.29) is 16.0 Å². The second-order valence-corrected chi connectivity index (χ2v) is 4.61. The van der Waals surface area contributed by atoms with Crippen LogP contribution < -0.4 is 0 Å². The van der Waals surface area contributed by atoms with Crippen LogP contribution in [0.4, 0.5) is 17.6 Å². The molecule has 1 aromatic rings. The zero-order valence-electron chi connectivity index (χ0n) is 7.91. The van der Waals surface area contributed by atoms with E-state index in [4.69, 9.17) is 0 Å². The van der Waals surface area contributed by atoms with Gasteiger partial charge in [-0.15, -0.1) is 0 Å². The average molecular weight is 299 g/mol. The summed E-state index contributed by atoms with van der Waals surface area (Å²) in [4.78, 5) is 0. The Labute approximate surface area is 97.2 Å². The molecule has 0 atom stereocenters. The number of hydrogen-bond donors (Lipinski definition) is 1. The van der Waals surface area contributed by atoms with Gasteiger partial charge in [-0.3, -0.25) is 0 Å². The highest BCUT2D eigenvalue weighted by Gasteiger charge is 2.39. The number of halogens is 5. The standard InChI is InChI=1S/C10H7BrF4O/c11-6-3-5(10(13,14)15)9(16)8(12)7(6)4-1-2-4/h3-4,16H,1-2H2. The van der Waals surface area contributed by atoms with Gasteiger partial charge in [-0.2, -0.15) is 13.2 Å². The number of phenols is 1. The lowest BCUT2D eigenvalue weighted by Crippen LogP contribution is -2.08. The maximum Gasteiger partial charge on any atom is 0.420 e. The first-order valence-electron chi connectivity index (χ1n) is 4.60. The minimum Gasteiger partial charge on any atom is -0.504 e. The van der Waals surface area contributed by atoms with Gasteiger partial charge in [-0.1, -0.05) is 15.9 Å². The topological polar surface area (TPSA) is 20.2 Å². The van der Waals surface area contributed by atoms with Gasteiger partial charge in [0.1, 0.15) is 5.56 Å². The van der Waals surface area contributed by atoms with Crippen LogP contribution >= 0.6 is 15.9 Å². The number of alkyl halides is 3. The van der Waals surface area contributed by atoms with E-state index in [1.54, 1.807) is 0 Å². The zero-order chi connectivity index (χ0) is 12.1. The molecule has 0 bridgehead atoms. The molecule has 1 aliphatic rings. The monoisotopic (exact) mass is 298 g/mol. The summed E-state index contributed by atoms with van der Waals surface area (Å²) in [5, 5.41) is 9.20. The van der Waals surface area contributed by atoms with Crippen molar-refractivity contribution in [2.24, 2.45) is 0 Å². The summed E-state index contributed by atoms with van der Waals surface area (Å²) in [5.41, 5.74) is -1.20. The lowest BCUT2D eigenvalue weighted by atomic mass is 10.1. The quantitative estimate of drug-likeness (QED) is 0.771. The molecule has 0 unspecified atom stereocenters. The summed E-state index contributed by atoms with van der Waals surface area (Å²) in [6.45, 7) is 0. The molecule has 0 spiro atoms. The highest BCUT2D eigenvalue weighted by molar-refractivity contribution is 9.10. The van der Waals surface area contributed by atoms with Crippen LogP contribution in [0, 0.1) is 5.82 Å². The Bertz CT molecular complexity index is 437. The molecule has 0 heterocycles. The fraction of sp³-hybridized carbons (Fsp3) is 0.400. The van der Waals surface area contributed by atoms with Gasteiger partial charge in [0.15, 0.2) is 11.6 Å². The van der Waals surface area contributed by atoms with Crippen molar-refractivity contribution in [1.82, 2.24) is 0 Å². The lowest BCUT2D eigenvalue weighted by Gasteiger charge is -2.13. The molecule has 1 nitrogen and oxygen atoms in total.